The highest BCUT2D eigenvalue weighted by molar-refractivity contribution is 5.96. The summed E-state index contributed by atoms with van der Waals surface area (Å²) in [5, 5.41) is 0. The summed E-state index contributed by atoms with van der Waals surface area (Å²) in [6, 6.07) is 14.6. The molecule has 150 valence electrons. The maximum absolute atomic E-state index is 12.6. The van der Waals surface area contributed by atoms with E-state index in [0.717, 1.165) is 16.8 Å². The molecule has 3 rings (SSSR count). The SMILES string of the molecule is Cc1cc(C)c(CCC(=O)c2ccc(C(C)Cn3ccccc3=O)cc2)c(=O)[nH]1. The number of nitrogens with zero attached hydrogens (tertiary/aromatic N) is 1. The van der Waals surface area contributed by atoms with E-state index in [0.29, 0.717) is 30.5 Å². The van der Waals surface area contributed by atoms with Gasteiger partial charge in [0.2, 0.25) is 0 Å². The molecule has 3 aromatic rings. The second-order valence-corrected chi connectivity index (χ2v) is 7.58. The van der Waals surface area contributed by atoms with E-state index in [1.165, 1.54) is 0 Å². The van der Waals surface area contributed by atoms with Gasteiger partial charge in [0.15, 0.2) is 5.78 Å². The zero-order valence-corrected chi connectivity index (χ0v) is 17.1. The normalized spacial score (nSPS) is 12.0. The van der Waals surface area contributed by atoms with Crippen LogP contribution in [0, 0.1) is 13.8 Å². The lowest BCUT2D eigenvalue weighted by atomic mass is 9.96. The average molecular weight is 390 g/mol. The lowest BCUT2D eigenvalue weighted by molar-refractivity contribution is 0.0982. The number of rotatable bonds is 7. The van der Waals surface area contributed by atoms with Crippen LogP contribution in [0.5, 0.6) is 0 Å². The highest BCUT2D eigenvalue weighted by Gasteiger charge is 2.12. The minimum absolute atomic E-state index is 0.0165. The van der Waals surface area contributed by atoms with Crippen molar-refractivity contribution in [2.75, 3.05) is 0 Å². The molecule has 0 saturated carbocycles. The number of Topliss-reactive ketones (excluding diaryl/α,β-unsaturated/α-hetero) is 1. The summed E-state index contributed by atoms with van der Waals surface area (Å²) < 4.78 is 1.69. The number of aromatic nitrogens is 2. The van der Waals surface area contributed by atoms with Crippen molar-refractivity contribution in [3.63, 3.8) is 0 Å². The number of ketones is 1. The summed E-state index contributed by atoms with van der Waals surface area (Å²) in [4.78, 5) is 39.4. The third-order valence-corrected chi connectivity index (χ3v) is 5.27. The van der Waals surface area contributed by atoms with E-state index < -0.39 is 0 Å². The molecule has 0 fully saturated rings. The van der Waals surface area contributed by atoms with Crippen LogP contribution in [0.4, 0.5) is 0 Å². The van der Waals surface area contributed by atoms with Gasteiger partial charge in [-0.1, -0.05) is 37.3 Å². The summed E-state index contributed by atoms with van der Waals surface area (Å²) >= 11 is 0. The van der Waals surface area contributed by atoms with Gasteiger partial charge in [-0.3, -0.25) is 14.4 Å². The zero-order chi connectivity index (χ0) is 21.0. The van der Waals surface area contributed by atoms with Crippen molar-refractivity contribution >= 4 is 5.78 Å². The molecule has 0 radical (unpaired) electrons. The van der Waals surface area contributed by atoms with Crippen LogP contribution in [0.1, 0.15) is 52.0 Å². The summed E-state index contributed by atoms with van der Waals surface area (Å²) in [6.07, 6.45) is 2.50. The third kappa shape index (κ3) is 4.99. The van der Waals surface area contributed by atoms with Gasteiger partial charge in [-0.15, -0.1) is 0 Å². The zero-order valence-electron chi connectivity index (χ0n) is 17.1. The van der Waals surface area contributed by atoms with E-state index in [1.807, 2.05) is 50.2 Å². The van der Waals surface area contributed by atoms with Gasteiger partial charge in [0, 0.05) is 42.0 Å². The second kappa shape index (κ2) is 8.86. The first-order chi connectivity index (χ1) is 13.8. The summed E-state index contributed by atoms with van der Waals surface area (Å²) in [6.45, 7) is 6.39. The first-order valence-corrected chi connectivity index (χ1v) is 9.83. The first kappa shape index (κ1) is 20.5. The molecule has 2 heterocycles. The summed E-state index contributed by atoms with van der Waals surface area (Å²) in [5.74, 6) is 0.163. The minimum atomic E-state index is -0.115. The van der Waals surface area contributed by atoms with E-state index in [9.17, 15) is 14.4 Å². The number of H-pyrrole nitrogens is 1. The quantitative estimate of drug-likeness (QED) is 0.624. The number of benzene rings is 1. The van der Waals surface area contributed by atoms with Crippen LogP contribution in [0.25, 0.3) is 0 Å². The Hall–Kier alpha value is -3.21. The van der Waals surface area contributed by atoms with Gasteiger partial charge < -0.3 is 9.55 Å². The number of aryl methyl sites for hydroxylation is 2. The fourth-order valence-corrected chi connectivity index (χ4v) is 3.58. The molecule has 1 aromatic carbocycles. The standard InChI is InChI=1S/C24H26N2O3/c1-16-14-18(3)25-24(29)21(16)11-12-22(27)20-9-7-19(8-10-20)17(2)15-26-13-5-4-6-23(26)28/h4-10,13-14,17H,11-12,15H2,1-3H3,(H,25,29). The molecule has 2 aromatic heterocycles. The average Bonchev–Trinajstić information content (AvgIpc) is 2.69. The number of pyridine rings is 2. The molecule has 1 unspecified atom stereocenters. The molecule has 5 nitrogen and oxygen atoms in total. The Morgan fingerprint density at radius 1 is 1.07 bits per heavy atom. The van der Waals surface area contributed by atoms with Crippen LogP contribution in [0.2, 0.25) is 0 Å². The second-order valence-electron chi connectivity index (χ2n) is 7.58. The lowest BCUT2D eigenvalue weighted by Gasteiger charge is -2.14. The highest BCUT2D eigenvalue weighted by atomic mass is 16.1. The van der Waals surface area contributed by atoms with Gasteiger partial charge in [-0.05, 0) is 49.4 Å². The number of aromatic amines is 1. The predicted molar refractivity (Wildman–Crippen MR) is 115 cm³/mol. The van der Waals surface area contributed by atoms with Crippen molar-refractivity contribution in [1.82, 2.24) is 9.55 Å². The number of carbonyl (C=O) groups excluding carboxylic acids is 1. The Balaban J connectivity index is 1.65. The van der Waals surface area contributed by atoms with Gasteiger partial charge in [0.1, 0.15) is 0 Å². The Morgan fingerprint density at radius 3 is 2.45 bits per heavy atom. The molecule has 0 aliphatic rings. The molecule has 0 bridgehead atoms. The van der Waals surface area contributed by atoms with Crippen molar-refractivity contribution in [1.29, 1.82) is 0 Å². The Kier molecular flexibility index (Phi) is 6.27. The van der Waals surface area contributed by atoms with Crippen molar-refractivity contribution < 1.29 is 4.79 Å². The van der Waals surface area contributed by atoms with E-state index in [2.05, 4.69) is 11.9 Å². The number of hydrogen-bond acceptors (Lipinski definition) is 3. The fraction of sp³-hybridized carbons (Fsp3) is 0.292. The van der Waals surface area contributed by atoms with Crippen LogP contribution in [-0.4, -0.2) is 15.3 Å². The van der Waals surface area contributed by atoms with E-state index >= 15 is 0 Å². The molecule has 0 aliphatic heterocycles. The van der Waals surface area contributed by atoms with Crippen LogP contribution in [0.15, 0.2) is 64.3 Å². The smallest absolute Gasteiger partial charge is 0.251 e. The fourth-order valence-electron chi connectivity index (χ4n) is 3.58. The Labute approximate surface area is 170 Å². The Bertz CT molecular complexity index is 1120. The van der Waals surface area contributed by atoms with E-state index in [4.69, 9.17) is 0 Å². The molecule has 5 heteroatoms. The van der Waals surface area contributed by atoms with Crippen molar-refractivity contribution in [2.24, 2.45) is 0 Å². The van der Waals surface area contributed by atoms with Crippen LogP contribution in [-0.2, 0) is 13.0 Å². The van der Waals surface area contributed by atoms with Crippen molar-refractivity contribution in [3.05, 3.63) is 103 Å². The molecule has 0 spiro atoms. The monoisotopic (exact) mass is 390 g/mol. The molecule has 0 amide bonds. The summed E-state index contributed by atoms with van der Waals surface area (Å²) in [7, 11) is 0. The number of hydrogen-bond donors (Lipinski definition) is 1. The van der Waals surface area contributed by atoms with Crippen LogP contribution in [0.3, 0.4) is 0 Å². The molecule has 0 aliphatic carbocycles. The molecule has 29 heavy (non-hydrogen) atoms. The van der Waals surface area contributed by atoms with Gasteiger partial charge in [0.05, 0.1) is 0 Å². The van der Waals surface area contributed by atoms with Gasteiger partial charge in [-0.2, -0.15) is 0 Å². The first-order valence-electron chi connectivity index (χ1n) is 9.83. The lowest BCUT2D eigenvalue weighted by Crippen LogP contribution is -2.20. The predicted octanol–water partition coefficient (Wildman–Crippen LogP) is 3.77. The number of carbonyl (C=O) groups is 1. The minimum Gasteiger partial charge on any atom is -0.326 e. The molecular formula is C24H26N2O3. The van der Waals surface area contributed by atoms with E-state index in [-0.39, 0.29) is 22.8 Å². The van der Waals surface area contributed by atoms with Gasteiger partial charge >= 0.3 is 0 Å². The van der Waals surface area contributed by atoms with Crippen molar-refractivity contribution in [2.45, 2.75) is 46.1 Å². The van der Waals surface area contributed by atoms with Crippen LogP contribution >= 0.6 is 0 Å². The topological polar surface area (TPSA) is 71.9 Å². The maximum atomic E-state index is 12.6. The molecule has 1 atom stereocenters. The molecule has 0 saturated heterocycles. The third-order valence-electron chi connectivity index (χ3n) is 5.27. The van der Waals surface area contributed by atoms with E-state index in [1.54, 1.807) is 22.9 Å². The molecule has 1 N–H and O–H groups in total. The van der Waals surface area contributed by atoms with Crippen LogP contribution < -0.4 is 11.1 Å². The number of nitrogens with one attached hydrogen (secondary N) is 1. The van der Waals surface area contributed by atoms with Crippen molar-refractivity contribution in [3.8, 4) is 0 Å². The van der Waals surface area contributed by atoms with Gasteiger partial charge in [-0.25, -0.2) is 0 Å². The largest absolute Gasteiger partial charge is 0.326 e. The Morgan fingerprint density at radius 2 is 1.79 bits per heavy atom. The maximum Gasteiger partial charge on any atom is 0.251 e. The molecular weight excluding hydrogens is 364 g/mol. The van der Waals surface area contributed by atoms with Gasteiger partial charge in [0.25, 0.3) is 11.1 Å². The highest BCUT2D eigenvalue weighted by Crippen LogP contribution is 2.18. The summed E-state index contributed by atoms with van der Waals surface area (Å²) in [5.41, 5.74) is 3.98.